The van der Waals surface area contributed by atoms with Crippen molar-refractivity contribution in [1.82, 2.24) is 25.1 Å². The van der Waals surface area contributed by atoms with Crippen molar-refractivity contribution in [3.63, 3.8) is 0 Å². The van der Waals surface area contributed by atoms with Gasteiger partial charge in [0.2, 0.25) is 0 Å². The summed E-state index contributed by atoms with van der Waals surface area (Å²) in [4.78, 5) is 23.3. The summed E-state index contributed by atoms with van der Waals surface area (Å²) in [6.45, 7) is 2.76. The van der Waals surface area contributed by atoms with Crippen LogP contribution in [0.2, 0.25) is 0 Å². The molecule has 0 radical (unpaired) electrons. The molecule has 27 heavy (non-hydrogen) atoms. The van der Waals surface area contributed by atoms with Crippen LogP contribution in [0, 0.1) is 0 Å². The van der Waals surface area contributed by atoms with Gasteiger partial charge < -0.3 is 10.2 Å². The van der Waals surface area contributed by atoms with E-state index >= 15 is 0 Å². The number of hydrogen-bond acceptors (Lipinski definition) is 5. The second kappa shape index (κ2) is 8.44. The lowest BCUT2D eigenvalue weighted by Crippen LogP contribution is -2.33. The first-order valence-electron chi connectivity index (χ1n) is 8.91. The standard InChI is InChI=1S/C20H24N6O/c1-15(8-11-26-10-5-9-22-26)23-20(27)17-7-4-6-16(12-17)18-13-21-14-19(24-18)25(2)3/h4-7,9-10,12-15H,8,11H2,1-3H3,(H,23,27)/t15-/m1/s1. The molecule has 140 valence electrons. The van der Waals surface area contributed by atoms with E-state index in [1.807, 2.05) is 67.1 Å². The molecule has 3 aromatic rings. The lowest BCUT2D eigenvalue weighted by Gasteiger charge is -2.15. The van der Waals surface area contributed by atoms with Crippen LogP contribution < -0.4 is 10.2 Å². The van der Waals surface area contributed by atoms with Crippen LogP contribution in [0.3, 0.4) is 0 Å². The van der Waals surface area contributed by atoms with Crippen molar-refractivity contribution < 1.29 is 4.79 Å². The van der Waals surface area contributed by atoms with Gasteiger partial charge in [-0.2, -0.15) is 5.10 Å². The molecule has 0 aliphatic heterocycles. The van der Waals surface area contributed by atoms with Crippen molar-refractivity contribution >= 4 is 11.7 Å². The van der Waals surface area contributed by atoms with Gasteiger partial charge in [0.05, 0.1) is 18.1 Å². The highest BCUT2D eigenvalue weighted by Crippen LogP contribution is 2.20. The molecule has 0 saturated heterocycles. The van der Waals surface area contributed by atoms with Crippen molar-refractivity contribution in [1.29, 1.82) is 0 Å². The molecule has 0 fully saturated rings. The summed E-state index contributed by atoms with van der Waals surface area (Å²) < 4.78 is 1.86. The Bertz CT molecular complexity index is 891. The van der Waals surface area contributed by atoms with E-state index in [1.54, 1.807) is 18.6 Å². The van der Waals surface area contributed by atoms with Gasteiger partial charge in [-0.25, -0.2) is 4.98 Å². The number of benzene rings is 1. The van der Waals surface area contributed by atoms with Crippen LogP contribution in [-0.2, 0) is 6.54 Å². The third kappa shape index (κ3) is 4.91. The van der Waals surface area contributed by atoms with Gasteiger partial charge in [0.1, 0.15) is 5.82 Å². The van der Waals surface area contributed by atoms with Crippen molar-refractivity contribution in [3.8, 4) is 11.3 Å². The zero-order valence-corrected chi connectivity index (χ0v) is 15.8. The highest BCUT2D eigenvalue weighted by atomic mass is 16.1. The van der Waals surface area contributed by atoms with E-state index < -0.39 is 0 Å². The zero-order chi connectivity index (χ0) is 19.2. The molecule has 0 spiro atoms. The van der Waals surface area contributed by atoms with Gasteiger partial charge in [0, 0.05) is 50.2 Å². The second-order valence-electron chi connectivity index (χ2n) is 6.67. The molecular formula is C20H24N6O. The fraction of sp³-hybridized carbons (Fsp3) is 0.300. The second-order valence-corrected chi connectivity index (χ2v) is 6.67. The molecule has 0 bridgehead atoms. The van der Waals surface area contributed by atoms with Crippen LogP contribution in [0.4, 0.5) is 5.82 Å². The van der Waals surface area contributed by atoms with E-state index in [-0.39, 0.29) is 11.9 Å². The van der Waals surface area contributed by atoms with Gasteiger partial charge in [-0.1, -0.05) is 12.1 Å². The molecule has 1 atom stereocenters. The predicted molar refractivity (Wildman–Crippen MR) is 106 cm³/mol. The highest BCUT2D eigenvalue weighted by Gasteiger charge is 2.12. The molecule has 2 heterocycles. The average molecular weight is 364 g/mol. The van der Waals surface area contributed by atoms with Crippen LogP contribution in [0.15, 0.2) is 55.1 Å². The number of aromatic nitrogens is 4. The van der Waals surface area contributed by atoms with Crippen LogP contribution >= 0.6 is 0 Å². The molecule has 0 unspecified atom stereocenters. The number of carbonyl (C=O) groups excluding carboxylic acids is 1. The Hall–Kier alpha value is -3.22. The van der Waals surface area contributed by atoms with Gasteiger partial charge in [0.15, 0.2) is 0 Å². The SMILES string of the molecule is C[C@H](CCn1cccn1)NC(=O)c1cccc(-c2cncc(N(C)C)n2)c1. The van der Waals surface area contributed by atoms with Gasteiger partial charge in [-0.05, 0) is 31.5 Å². The highest BCUT2D eigenvalue weighted by molar-refractivity contribution is 5.95. The molecule has 7 nitrogen and oxygen atoms in total. The zero-order valence-electron chi connectivity index (χ0n) is 15.8. The fourth-order valence-electron chi connectivity index (χ4n) is 2.67. The monoisotopic (exact) mass is 364 g/mol. The Balaban J connectivity index is 1.67. The molecule has 1 aromatic carbocycles. The van der Waals surface area contributed by atoms with E-state index in [4.69, 9.17) is 0 Å². The maximum Gasteiger partial charge on any atom is 0.251 e. The predicted octanol–water partition coefficient (Wildman–Crippen LogP) is 2.61. The number of hydrogen-bond donors (Lipinski definition) is 1. The van der Waals surface area contributed by atoms with Crippen LogP contribution in [0.5, 0.6) is 0 Å². The topological polar surface area (TPSA) is 75.9 Å². The quantitative estimate of drug-likeness (QED) is 0.697. The third-order valence-electron chi connectivity index (χ3n) is 4.23. The molecule has 0 aliphatic rings. The van der Waals surface area contributed by atoms with Gasteiger partial charge >= 0.3 is 0 Å². The summed E-state index contributed by atoms with van der Waals surface area (Å²) in [6.07, 6.45) is 7.89. The number of nitrogens with one attached hydrogen (secondary N) is 1. The molecule has 0 aliphatic carbocycles. The Morgan fingerprint density at radius 3 is 2.85 bits per heavy atom. The summed E-state index contributed by atoms with van der Waals surface area (Å²) >= 11 is 0. The Labute approximate surface area is 159 Å². The number of nitrogens with zero attached hydrogens (tertiary/aromatic N) is 5. The van der Waals surface area contributed by atoms with Crippen LogP contribution in [0.1, 0.15) is 23.7 Å². The molecule has 7 heteroatoms. The molecule has 1 N–H and O–H groups in total. The first kappa shape index (κ1) is 18.6. The first-order valence-corrected chi connectivity index (χ1v) is 8.91. The molecule has 0 saturated carbocycles. The average Bonchev–Trinajstić information content (AvgIpc) is 3.20. The Morgan fingerprint density at radius 2 is 2.11 bits per heavy atom. The van der Waals surface area contributed by atoms with Crippen molar-refractivity contribution in [3.05, 3.63) is 60.7 Å². The molecule has 2 aromatic heterocycles. The summed E-state index contributed by atoms with van der Waals surface area (Å²) in [7, 11) is 3.84. The van der Waals surface area contributed by atoms with Crippen LogP contribution in [-0.4, -0.2) is 45.8 Å². The van der Waals surface area contributed by atoms with Gasteiger partial charge in [-0.15, -0.1) is 0 Å². The van der Waals surface area contributed by atoms with Crippen LogP contribution in [0.25, 0.3) is 11.3 Å². The maximum atomic E-state index is 12.6. The third-order valence-corrected chi connectivity index (χ3v) is 4.23. The maximum absolute atomic E-state index is 12.6. The summed E-state index contributed by atoms with van der Waals surface area (Å²) in [6, 6.07) is 9.39. The lowest BCUT2D eigenvalue weighted by atomic mass is 10.1. The molecule has 1 amide bonds. The summed E-state index contributed by atoms with van der Waals surface area (Å²) in [5, 5.41) is 7.22. The Morgan fingerprint density at radius 1 is 1.26 bits per heavy atom. The Kier molecular flexibility index (Phi) is 5.80. The fourth-order valence-corrected chi connectivity index (χ4v) is 2.67. The van der Waals surface area contributed by atoms with E-state index in [0.29, 0.717) is 5.56 Å². The largest absolute Gasteiger partial charge is 0.361 e. The number of anilines is 1. The summed E-state index contributed by atoms with van der Waals surface area (Å²) in [5.74, 6) is 0.677. The number of aryl methyl sites for hydroxylation is 1. The lowest BCUT2D eigenvalue weighted by molar-refractivity contribution is 0.0937. The minimum absolute atomic E-state index is 0.0437. The number of carbonyl (C=O) groups is 1. The number of rotatable bonds is 7. The van der Waals surface area contributed by atoms with E-state index in [1.165, 1.54) is 0 Å². The minimum Gasteiger partial charge on any atom is -0.361 e. The first-order chi connectivity index (χ1) is 13.0. The van der Waals surface area contributed by atoms with Crippen molar-refractivity contribution in [2.45, 2.75) is 25.9 Å². The molecule has 3 rings (SSSR count). The van der Waals surface area contributed by atoms with Crippen molar-refractivity contribution in [2.24, 2.45) is 0 Å². The molecular weight excluding hydrogens is 340 g/mol. The van der Waals surface area contributed by atoms with E-state index in [9.17, 15) is 4.79 Å². The summed E-state index contributed by atoms with van der Waals surface area (Å²) in [5.41, 5.74) is 2.21. The van der Waals surface area contributed by atoms with Crippen molar-refractivity contribution in [2.75, 3.05) is 19.0 Å². The van der Waals surface area contributed by atoms with E-state index in [0.717, 1.165) is 30.0 Å². The van der Waals surface area contributed by atoms with E-state index in [2.05, 4.69) is 20.4 Å². The normalized spacial score (nSPS) is 11.8. The number of amides is 1. The van der Waals surface area contributed by atoms with Gasteiger partial charge in [0.25, 0.3) is 5.91 Å². The minimum atomic E-state index is -0.0958. The van der Waals surface area contributed by atoms with Gasteiger partial charge in [-0.3, -0.25) is 14.5 Å². The smallest absolute Gasteiger partial charge is 0.251 e.